The van der Waals surface area contributed by atoms with Crippen molar-refractivity contribution in [3.8, 4) is 28.1 Å². The molecule has 2 aliphatic heterocycles. The van der Waals surface area contributed by atoms with Crippen LogP contribution in [0.5, 0.6) is 5.75 Å². The highest BCUT2D eigenvalue weighted by Crippen LogP contribution is 2.33. The van der Waals surface area contributed by atoms with Crippen LogP contribution < -0.4 is 10.2 Å². The summed E-state index contributed by atoms with van der Waals surface area (Å²) in [6, 6.07) is 6.45. The van der Waals surface area contributed by atoms with Gasteiger partial charge in [0.05, 0.1) is 12.4 Å². The largest absolute Gasteiger partial charge is 0.507 e. The molecule has 2 atom stereocenters. The number of fused-ring (bicyclic) bond motifs is 1. The standard InChI is InChI=1S/C18H19N7O/c26-17-7-11(12-8-21-22-9-12)1-2-13(17)15-10-20-18(24-23-15)25-6-4-14-16(25)3-5-19-14/h1-2,7-10,14,16,19,26H,3-6H2,(H,21,22)/t14-,16+/m1/s1. The zero-order valence-corrected chi connectivity index (χ0v) is 14.1. The predicted molar refractivity (Wildman–Crippen MR) is 96.7 cm³/mol. The maximum Gasteiger partial charge on any atom is 0.245 e. The molecule has 2 fully saturated rings. The molecule has 3 N–H and O–H groups in total. The molecule has 0 spiro atoms. The Hall–Kier alpha value is -3.00. The van der Waals surface area contributed by atoms with Crippen molar-refractivity contribution in [1.82, 2.24) is 30.7 Å². The first-order valence-corrected chi connectivity index (χ1v) is 8.82. The van der Waals surface area contributed by atoms with Gasteiger partial charge < -0.3 is 15.3 Å². The van der Waals surface area contributed by atoms with Crippen LogP contribution in [0, 0.1) is 0 Å². The van der Waals surface area contributed by atoms with Gasteiger partial charge in [0.25, 0.3) is 0 Å². The fourth-order valence-electron chi connectivity index (χ4n) is 3.97. The fraction of sp³-hybridized carbons (Fsp3) is 0.333. The average molecular weight is 349 g/mol. The molecule has 1 aromatic carbocycles. The summed E-state index contributed by atoms with van der Waals surface area (Å²) in [7, 11) is 0. The molecular weight excluding hydrogens is 330 g/mol. The number of aromatic nitrogens is 5. The second kappa shape index (κ2) is 6.06. The Balaban J connectivity index is 1.41. The summed E-state index contributed by atoms with van der Waals surface area (Å²) < 4.78 is 0. The van der Waals surface area contributed by atoms with E-state index in [9.17, 15) is 5.11 Å². The van der Waals surface area contributed by atoms with E-state index in [1.54, 1.807) is 24.7 Å². The van der Waals surface area contributed by atoms with Gasteiger partial charge in [0.1, 0.15) is 11.4 Å². The molecule has 0 saturated carbocycles. The van der Waals surface area contributed by atoms with Gasteiger partial charge in [0, 0.05) is 36.0 Å². The number of anilines is 1. The number of nitrogens with zero attached hydrogens (tertiary/aromatic N) is 5. The van der Waals surface area contributed by atoms with E-state index in [1.807, 2.05) is 12.1 Å². The molecule has 0 unspecified atom stereocenters. The first kappa shape index (κ1) is 15.3. The number of aromatic amines is 1. The van der Waals surface area contributed by atoms with E-state index in [2.05, 4.69) is 35.6 Å². The fourth-order valence-corrected chi connectivity index (χ4v) is 3.97. The van der Waals surface area contributed by atoms with E-state index in [-0.39, 0.29) is 5.75 Å². The van der Waals surface area contributed by atoms with Crippen LogP contribution in [-0.2, 0) is 0 Å². The lowest BCUT2D eigenvalue weighted by atomic mass is 10.0. The Labute approximate surface area is 150 Å². The number of aromatic hydroxyl groups is 1. The van der Waals surface area contributed by atoms with E-state index in [4.69, 9.17) is 0 Å². The summed E-state index contributed by atoms with van der Waals surface area (Å²) in [6.07, 6.45) is 7.42. The van der Waals surface area contributed by atoms with Crippen molar-refractivity contribution in [2.45, 2.75) is 24.9 Å². The minimum absolute atomic E-state index is 0.147. The van der Waals surface area contributed by atoms with Gasteiger partial charge in [-0.15, -0.1) is 10.2 Å². The zero-order valence-electron chi connectivity index (χ0n) is 14.1. The van der Waals surface area contributed by atoms with Gasteiger partial charge in [0.15, 0.2) is 0 Å². The topological polar surface area (TPSA) is 103 Å². The van der Waals surface area contributed by atoms with Crippen LogP contribution in [-0.4, -0.2) is 55.7 Å². The molecule has 8 heteroatoms. The quantitative estimate of drug-likeness (QED) is 0.659. The molecule has 3 aromatic rings. The van der Waals surface area contributed by atoms with Crippen LogP contribution in [0.25, 0.3) is 22.4 Å². The normalized spacial score (nSPS) is 21.9. The molecule has 2 saturated heterocycles. The van der Waals surface area contributed by atoms with Gasteiger partial charge in [-0.2, -0.15) is 5.10 Å². The number of phenols is 1. The molecule has 8 nitrogen and oxygen atoms in total. The highest BCUT2D eigenvalue weighted by atomic mass is 16.3. The molecule has 132 valence electrons. The number of hydrogen-bond acceptors (Lipinski definition) is 7. The Morgan fingerprint density at radius 1 is 1.12 bits per heavy atom. The zero-order chi connectivity index (χ0) is 17.5. The van der Waals surface area contributed by atoms with Crippen molar-refractivity contribution in [3.05, 3.63) is 36.8 Å². The van der Waals surface area contributed by atoms with Crippen LogP contribution in [0.4, 0.5) is 5.95 Å². The first-order chi connectivity index (χ1) is 12.8. The van der Waals surface area contributed by atoms with E-state index in [0.717, 1.165) is 37.1 Å². The molecule has 0 amide bonds. The molecule has 4 heterocycles. The van der Waals surface area contributed by atoms with Crippen LogP contribution in [0.3, 0.4) is 0 Å². The van der Waals surface area contributed by atoms with Crippen molar-refractivity contribution in [2.75, 3.05) is 18.0 Å². The third kappa shape index (κ3) is 2.50. The summed E-state index contributed by atoms with van der Waals surface area (Å²) in [5.41, 5.74) is 2.98. The van der Waals surface area contributed by atoms with Crippen molar-refractivity contribution >= 4 is 5.95 Å². The molecule has 5 rings (SSSR count). The van der Waals surface area contributed by atoms with Gasteiger partial charge >= 0.3 is 0 Å². The van der Waals surface area contributed by atoms with Crippen molar-refractivity contribution in [2.24, 2.45) is 0 Å². The average Bonchev–Trinajstić information content (AvgIpc) is 3.40. The highest BCUT2D eigenvalue weighted by molar-refractivity contribution is 5.73. The van der Waals surface area contributed by atoms with Crippen LogP contribution in [0.15, 0.2) is 36.8 Å². The number of H-pyrrole nitrogens is 1. The minimum atomic E-state index is 0.147. The van der Waals surface area contributed by atoms with E-state index in [1.165, 1.54) is 0 Å². The van der Waals surface area contributed by atoms with Crippen LogP contribution >= 0.6 is 0 Å². The van der Waals surface area contributed by atoms with Gasteiger partial charge in [-0.1, -0.05) is 6.07 Å². The number of hydrogen-bond donors (Lipinski definition) is 3. The predicted octanol–water partition coefficient (Wildman–Crippen LogP) is 1.57. The van der Waals surface area contributed by atoms with E-state index < -0.39 is 0 Å². The monoisotopic (exact) mass is 349 g/mol. The molecule has 0 bridgehead atoms. The third-order valence-corrected chi connectivity index (χ3v) is 5.30. The lowest BCUT2D eigenvalue weighted by molar-refractivity contribution is 0.477. The van der Waals surface area contributed by atoms with Crippen LogP contribution in [0.2, 0.25) is 0 Å². The van der Waals surface area contributed by atoms with E-state index in [0.29, 0.717) is 29.3 Å². The van der Waals surface area contributed by atoms with Gasteiger partial charge in [-0.25, -0.2) is 4.98 Å². The van der Waals surface area contributed by atoms with Crippen molar-refractivity contribution in [3.63, 3.8) is 0 Å². The molecule has 0 aliphatic carbocycles. The first-order valence-electron chi connectivity index (χ1n) is 8.82. The smallest absolute Gasteiger partial charge is 0.245 e. The number of phenolic OH excluding ortho intramolecular Hbond substituents is 1. The number of rotatable bonds is 3. The molecule has 2 aromatic heterocycles. The molecule has 0 radical (unpaired) electrons. The molecule has 2 aliphatic rings. The van der Waals surface area contributed by atoms with Crippen LogP contribution in [0.1, 0.15) is 12.8 Å². The summed E-state index contributed by atoms with van der Waals surface area (Å²) in [6.45, 7) is 2.00. The molecule has 26 heavy (non-hydrogen) atoms. The van der Waals surface area contributed by atoms with Crippen molar-refractivity contribution in [1.29, 1.82) is 0 Å². The van der Waals surface area contributed by atoms with Gasteiger partial charge in [-0.05, 0) is 37.1 Å². The van der Waals surface area contributed by atoms with Crippen molar-refractivity contribution < 1.29 is 5.11 Å². The summed E-state index contributed by atoms with van der Waals surface area (Å²) in [4.78, 5) is 6.75. The maximum atomic E-state index is 10.4. The van der Waals surface area contributed by atoms with Gasteiger partial charge in [-0.3, -0.25) is 5.10 Å². The minimum Gasteiger partial charge on any atom is -0.507 e. The second-order valence-electron chi connectivity index (χ2n) is 6.76. The SMILES string of the molecule is Oc1cc(-c2cn[nH]c2)ccc1-c1cnc(N2CC[C@H]3NCC[C@@H]32)nn1. The third-order valence-electron chi connectivity index (χ3n) is 5.30. The maximum absolute atomic E-state index is 10.4. The summed E-state index contributed by atoms with van der Waals surface area (Å²) >= 11 is 0. The number of benzene rings is 1. The van der Waals surface area contributed by atoms with Gasteiger partial charge in [0.2, 0.25) is 5.95 Å². The number of nitrogens with one attached hydrogen (secondary N) is 2. The Morgan fingerprint density at radius 2 is 2.08 bits per heavy atom. The van der Waals surface area contributed by atoms with E-state index >= 15 is 0 Å². The second-order valence-corrected chi connectivity index (χ2v) is 6.76. The lowest BCUT2D eigenvalue weighted by Gasteiger charge is -2.22. The Bertz CT molecular complexity index is 910. The lowest BCUT2D eigenvalue weighted by Crippen LogP contribution is -2.35. The molecular formula is C18H19N7O. The Kier molecular flexibility index (Phi) is 3.56. The summed E-state index contributed by atoms with van der Waals surface area (Å²) in [5.74, 6) is 0.813. The Morgan fingerprint density at radius 3 is 2.85 bits per heavy atom. The summed E-state index contributed by atoms with van der Waals surface area (Å²) in [5, 5.41) is 29.3. The highest BCUT2D eigenvalue weighted by Gasteiger charge is 2.38.